The summed E-state index contributed by atoms with van der Waals surface area (Å²) >= 11 is 0. The first-order valence-electron chi connectivity index (χ1n) is 10.1. The van der Waals surface area contributed by atoms with Crippen molar-refractivity contribution in [2.24, 2.45) is 5.92 Å². The molecule has 2 aromatic rings. The van der Waals surface area contributed by atoms with Crippen molar-refractivity contribution < 1.29 is 14.3 Å². The molecule has 5 nitrogen and oxygen atoms in total. The lowest BCUT2D eigenvalue weighted by Gasteiger charge is -2.31. The van der Waals surface area contributed by atoms with Crippen LogP contribution in [0, 0.1) is 5.92 Å². The van der Waals surface area contributed by atoms with Gasteiger partial charge in [0.1, 0.15) is 11.4 Å². The van der Waals surface area contributed by atoms with E-state index in [1.807, 2.05) is 50.2 Å². The van der Waals surface area contributed by atoms with Crippen LogP contribution in [0.15, 0.2) is 54.2 Å². The smallest absolute Gasteiger partial charge is 0.277 e. The number of hydrogen-bond acceptors (Lipinski definition) is 4. The summed E-state index contributed by atoms with van der Waals surface area (Å²) in [6.45, 7) is 5.76. The fourth-order valence-corrected chi connectivity index (χ4v) is 4.17. The molecule has 2 heterocycles. The first-order valence-corrected chi connectivity index (χ1v) is 10.1. The van der Waals surface area contributed by atoms with Crippen LogP contribution in [0.5, 0.6) is 5.75 Å². The average Bonchev–Trinajstić information content (AvgIpc) is 2.97. The van der Waals surface area contributed by atoms with Gasteiger partial charge in [-0.3, -0.25) is 14.5 Å². The highest BCUT2D eigenvalue weighted by molar-refractivity contribution is 6.36. The summed E-state index contributed by atoms with van der Waals surface area (Å²) in [6, 6.07) is 15.7. The number of ether oxygens (including phenoxy) is 1. The van der Waals surface area contributed by atoms with E-state index in [0.717, 1.165) is 6.42 Å². The van der Waals surface area contributed by atoms with Crippen molar-refractivity contribution >= 4 is 17.4 Å². The van der Waals surface area contributed by atoms with Gasteiger partial charge in [-0.2, -0.15) is 0 Å². The van der Waals surface area contributed by atoms with Crippen molar-refractivity contribution in [1.82, 2.24) is 9.80 Å². The van der Waals surface area contributed by atoms with Crippen LogP contribution >= 0.6 is 0 Å². The molecule has 0 atom stereocenters. The second-order valence-electron chi connectivity index (χ2n) is 7.98. The number of benzene rings is 2. The molecule has 0 N–H and O–H groups in total. The van der Waals surface area contributed by atoms with Crippen LogP contribution < -0.4 is 4.74 Å². The minimum Gasteiger partial charge on any atom is -0.496 e. The number of nitrogens with zero attached hydrogens (tertiary/aromatic N) is 2. The molecule has 0 bridgehead atoms. The topological polar surface area (TPSA) is 49.9 Å². The van der Waals surface area contributed by atoms with Crippen LogP contribution in [0.25, 0.3) is 5.57 Å². The molecule has 2 aliphatic rings. The number of carbonyl (C=O) groups is 2. The predicted molar refractivity (Wildman–Crippen MR) is 112 cm³/mol. The second-order valence-corrected chi connectivity index (χ2v) is 7.98. The Hall–Kier alpha value is -3.08. The van der Waals surface area contributed by atoms with Crippen molar-refractivity contribution in [2.75, 3.05) is 20.2 Å². The normalized spacial score (nSPS) is 16.7. The summed E-state index contributed by atoms with van der Waals surface area (Å²) in [5.74, 6) is 0.360. The Bertz CT molecular complexity index is 993. The number of hydrogen-bond donors (Lipinski definition) is 0. The molecule has 0 saturated heterocycles. The maximum atomic E-state index is 13.4. The fourth-order valence-electron chi connectivity index (χ4n) is 4.17. The third-order valence-electron chi connectivity index (χ3n) is 5.51. The van der Waals surface area contributed by atoms with Crippen molar-refractivity contribution in [3.05, 3.63) is 70.9 Å². The van der Waals surface area contributed by atoms with E-state index >= 15 is 0 Å². The molecule has 0 fully saturated rings. The minimum atomic E-state index is -0.234. The van der Waals surface area contributed by atoms with Crippen LogP contribution in [0.3, 0.4) is 0 Å². The Morgan fingerprint density at radius 3 is 2.38 bits per heavy atom. The van der Waals surface area contributed by atoms with E-state index in [-0.39, 0.29) is 17.7 Å². The van der Waals surface area contributed by atoms with Crippen molar-refractivity contribution in [3.8, 4) is 5.75 Å². The highest BCUT2D eigenvalue weighted by Crippen LogP contribution is 2.38. The molecular weight excluding hydrogens is 364 g/mol. The molecule has 2 amide bonds. The zero-order chi connectivity index (χ0) is 20.5. The summed E-state index contributed by atoms with van der Waals surface area (Å²) in [5.41, 5.74) is 4.13. The Labute approximate surface area is 171 Å². The number of methoxy groups -OCH3 is 1. The maximum Gasteiger partial charge on any atom is 0.277 e. The molecule has 0 radical (unpaired) electrons. The van der Waals surface area contributed by atoms with E-state index < -0.39 is 0 Å². The number of amides is 2. The molecule has 5 heteroatoms. The highest BCUT2D eigenvalue weighted by atomic mass is 16.5. The quantitative estimate of drug-likeness (QED) is 0.734. The SMILES string of the molecule is COc1ccccc1C1=C(N2CCc3ccccc3C2)C(=O)N(CC(C)C)C1=O. The molecule has 0 aromatic heterocycles. The van der Waals surface area contributed by atoms with Crippen LogP contribution in [-0.2, 0) is 22.6 Å². The van der Waals surface area contributed by atoms with Crippen molar-refractivity contribution in [3.63, 3.8) is 0 Å². The standard InChI is InChI=1S/C24H26N2O3/c1-16(2)14-26-23(27)21(19-10-6-7-11-20(19)29-3)22(24(26)28)25-13-12-17-8-4-5-9-18(17)15-25/h4-11,16H,12-15H2,1-3H3. The molecular formula is C24H26N2O3. The van der Waals surface area contributed by atoms with Gasteiger partial charge in [-0.05, 0) is 29.5 Å². The molecule has 0 aliphatic carbocycles. The zero-order valence-corrected chi connectivity index (χ0v) is 17.1. The third kappa shape index (κ3) is 3.41. The Morgan fingerprint density at radius 1 is 0.966 bits per heavy atom. The van der Waals surface area contributed by atoms with Crippen LogP contribution in [0.2, 0.25) is 0 Å². The lowest BCUT2D eigenvalue weighted by atomic mass is 9.97. The molecule has 0 unspecified atom stereocenters. The maximum absolute atomic E-state index is 13.4. The van der Waals surface area contributed by atoms with Gasteiger partial charge in [-0.25, -0.2) is 0 Å². The van der Waals surface area contributed by atoms with E-state index in [0.29, 0.717) is 42.2 Å². The number of rotatable bonds is 5. The summed E-state index contributed by atoms with van der Waals surface area (Å²) in [7, 11) is 1.59. The van der Waals surface area contributed by atoms with E-state index in [2.05, 4.69) is 17.0 Å². The number of imide groups is 1. The Morgan fingerprint density at radius 2 is 1.66 bits per heavy atom. The summed E-state index contributed by atoms with van der Waals surface area (Å²) in [4.78, 5) is 30.2. The number of para-hydroxylation sites is 1. The fraction of sp³-hybridized carbons (Fsp3) is 0.333. The largest absolute Gasteiger partial charge is 0.496 e. The van der Waals surface area contributed by atoms with Crippen LogP contribution in [0.1, 0.15) is 30.5 Å². The van der Waals surface area contributed by atoms with E-state index in [4.69, 9.17) is 4.74 Å². The molecule has 150 valence electrons. The third-order valence-corrected chi connectivity index (χ3v) is 5.51. The lowest BCUT2D eigenvalue weighted by molar-refractivity contribution is -0.138. The predicted octanol–water partition coefficient (Wildman–Crippen LogP) is 3.49. The van der Waals surface area contributed by atoms with Gasteiger partial charge in [-0.1, -0.05) is 56.3 Å². The van der Waals surface area contributed by atoms with Gasteiger partial charge in [0.25, 0.3) is 11.8 Å². The summed E-state index contributed by atoms with van der Waals surface area (Å²) in [6.07, 6.45) is 0.852. The minimum absolute atomic E-state index is 0.197. The lowest BCUT2D eigenvalue weighted by Crippen LogP contribution is -2.38. The average molecular weight is 390 g/mol. The van der Waals surface area contributed by atoms with Gasteiger partial charge in [0.15, 0.2) is 0 Å². The molecule has 2 aromatic carbocycles. The Balaban J connectivity index is 1.82. The zero-order valence-electron chi connectivity index (χ0n) is 17.1. The first-order chi connectivity index (χ1) is 14.0. The number of fused-ring (bicyclic) bond motifs is 1. The summed E-state index contributed by atoms with van der Waals surface area (Å²) in [5, 5.41) is 0. The monoisotopic (exact) mass is 390 g/mol. The first kappa shape index (κ1) is 19.2. The van der Waals surface area contributed by atoms with Gasteiger partial charge in [0.2, 0.25) is 0 Å². The molecule has 0 spiro atoms. The van der Waals surface area contributed by atoms with Crippen LogP contribution in [-0.4, -0.2) is 41.8 Å². The second kappa shape index (κ2) is 7.74. The van der Waals surface area contributed by atoms with Crippen LogP contribution in [0.4, 0.5) is 0 Å². The van der Waals surface area contributed by atoms with E-state index in [1.165, 1.54) is 16.0 Å². The molecule has 2 aliphatic heterocycles. The number of carbonyl (C=O) groups excluding carboxylic acids is 2. The molecule has 29 heavy (non-hydrogen) atoms. The highest BCUT2D eigenvalue weighted by Gasteiger charge is 2.43. The van der Waals surface area contributed by atoms with E-state index in [9.17, 15) is 9.59 Å². The van der Waals surface area contributed by atoms with Gasteiger partial charge >= 0.3 is 0 Å². The van der Waals surface area contributed by atoms with Gasteiger partial charge < -0.3 is 9.64 Å². The van der Waals surface area contributed by atoms with Gasteiger partial charge in [-0.15, -0.1) is 0 Å². The Kier molecular flexibility index (Phi) is 5.14. The van der Waals surface area contributed by atoms with Crippen molar-refractivity contribution in [1.29, 1.82) is 0 Å². The molecule has 0 saturated carbocycles. The molecule has 4 rings (SSSR count). The van der Waals surface area contributed by atoms with E-state index in [1.54, 1.807) is 7.11 Å². The summed E-state index contributed by atoms with van der Waals surface area (Å²) < 4.78 is 5.51. The van der Waals surface area contributed by atoms with Gasteiger partial charge in [0, 0.05) is 25.2 Å². The van der Waals surface area contributed by atoms with Crippen molar-refractivity contribution in [2.45, 2.75) is 26.8 Å². The van der Waals surface area contributed by atoms with Gasteiger partial charge in [0.05, 0.1) is 12.7 Å².